The third kappa shape index (κ3) is 7.68. The lowest BCUT2D eigenvalue weighted by Gasteiger charge is -2.11. The summed E-state index contributed by atoms with van der Waals surface area (Å²) in [5.41, 5.74) is 2.87. The van der Waals surface area contributed by atoms with E-state index in [1.165, 1.54) is 30.2 Å². The Bertz CT molecular complexity index is 1530. The molecule has 0 radical (unpaired) electrons. The second kappa shape index (κ2) is 12.5. The number of H-pyrrole nitrogens is 1. The Balaban J connectivity index is 1.45. The molecule has 0 aliphatic heterocycles. The van der Waals surface area contributed by atoms with E-state index in [-0.39, 0.29) is 16.8 Å². The topological polar surface area (TPSA) is 112 Å². The predicted octanol–water partition coefficient (Wildman–Crippen LogP) is 6.55. The van der Waals surface area contributed by atoms with E-state index in [0.29, 0.717) is 20.9 Å². The van der Waals surface area contributed by atoms with Gasteiger partial charge in [-0.3, -0.25) is 14.7 Å². The number of hydrazone groups is 1. The van der Waals surface area contributed by atoms with Crippen molar-refractivity contribution in [3.05, 3.63) is 104 Å². The number of rotatable bonds is 8. The minimum Gasteiger partial charge on any atom is -0.321 e. The van der Waals surface area contributed by atoms with Crippen molar-refractivity contribution in [1.82, 2.24) is 20.6 Å². The summed E-state index contributed by atoms with van der Waals surface area (Å²) in [6.07, 6.45) is -2.10. The first-order valence-corrected chi connectivity index (χ1v) is 13.1. The Kier molecular flexibility index (Phi) is 9.04. The van der Waals surface area contributed by atoms with Gasteiger partial charge in [0.2, 0.25) is 5.16 Å². The van der Waals surface area contributed by atoms with E-state index in [1.807, 2.05) is 6.07 Å². The third-order valence-electron chi connectivity index (χ3n) is 5.10. The number of benzene rings is 3. The van der Waals surface area contributed by atoms with Gasteiger partial charge in [0.15, 0.2) is 0 Å². The minimum atomic E-state index is -4.64. The first kappa shape index (κ1) is 28.3. The number of hydrogen-bond acceptors (Lipinski definition) is 6. The van der Waals surface area contributed by atoms with Crippen LogP contribution in [-0.4, -0.2) is 33.2 Å². The third-order valence-corrected chi connectivity index (χ3v) is 6.86. The molecule has 14 heteroatoms. The van der Waals surface area contributed by atoms with E-state index in [1.54, 1.807) is 30.3 Å². The fourth-order valence-electron chi connectivity index (χ4n) is 3.29. The van der Waals surface area contributed by atoms with Crippen molar-refractivity contribution in [3.63, 3.8) is 0 Å². The Morgan fingerprint density at radius 1 is 1.10 bits per heavy atom. The second-order valence-corrected chi connectivity index (χ2v) is 10.1. The Labute approximate surface area is 237 Å². The van der Waals surface area contributed by atoms with Gasteiger partial charge in [-0.25, -0.2) is 10.4 Å². The summed E-state index contributed by atoms with van der Waals surface area (Å²) >= 11 is 10.3. The Morgan fingerprint density at radius 2 is 1.92 bits per heavy atom. The molecule has 1 heterocycles. The molecule has 0 saturated carbocycles. The first-order chi connectivity index (χ1) is 18.6. The number of nitrogens with zero attached hydrogens (tertiary/aromatic N) is 3. The number of carbonyl (C=O) groups excluding carboxylic acids is 2. The van der Waals surface area contributed by atoms with E-state index in [2.05, 4.69) is 47.0 Å². The lowest BCUT2D eigenvalue weighted by atomic mass is 10.1. The molecule has 8 nitrogen and oxygen atoms in total. The highest BCUT2D eigenvalue weighted by atomic mass is 79.9. The number of alkyl halides is 3. The summed E-state index contributed by atoms with van der Waals surface area (Å²) in [7, 11) is 0. The number of thioether (sulfide) groups is 1. The molecule has 200 valence electrons. The summed E-state index contributed by atoms with van der Waals surface area (Å²) in [6, 6.07) is 14.9. The van der Waals surface area contributed by atoms with Crippen molar-refractivity contribution in [3.8, 4) is 0 Å². The zero-order valence-corrected chi connectivity index (χ0v) is 22.7. The van der Waals surface area contributed by atoms with Crippen LogP contribution in [0.25, 0.3) is 0 Å². The van der Waals surface area contributed by atoms with Crippen LogP contribution in [0.2, 0.25) is 5.02 Å². The molecule has 2 amide bonds. The van der Waals surface area contributed by atoms with E-state index in [0.717, 1.165) is 23.9 Å². The fourth-order valence-corrected chi connectivity index (χ4v) is 4.60. The van der Waals surface area contributed by atoms with Crippen molar-refractivity contribution in [1.29, 1.82) is 0 Å². The van der Waals surface area contributed by atoms with Crippen LogP contribution in [0.15, 0.2) is 81.7 Å². The Morgan fingerprint density at radius 3 is 2.67 bits per heavy atom. The van der Waals surface area contributed by atoms with Crippen molar-refractivity contribution in [2.24, 2.45) is 5.10 Å². The molecule has 3 aromatic carbocycles. The van der Waals surface area contributed by atoms with Crippen LogP contribution in [0.3, 0.4) is 0 Å². The quantitative estimate of drug-likeness (QED) is 0.115. The van der Waals surface area contributed by atoms with Crippen LogP contribution in [0.4, 0.5) is 18.9 Å². The zero-order valence-electron chi connectivity index (χ0n) is 19.6. The average molecular weight is 638 g/mol. The average Bonchev–Trinajstić information content (AvgIpc) is 3.42. The molecule has 0 unspecified atom stereocenters. The number of carbonyl (C=O) groups is 2. The van der Waals surface area contributed by atoms with Gasteiger partial charge in [-0.2, -0.15) is 18.3 Å². The van der Waals surface area contributed by atoms with Gasteiger partial charge in [-0.15, -0.1) is 5.10 Å². The van der Waals surface area contributed by atoms with Crippen LogP contribution < -0.4 is 10.7 Å². The summed E-state index contributed by atoms with van der Waals surface area (Å²) in [4.78, 5) is 29.9. The number of halogens is 5. The molecular formula is C25H17BrClF3N6O2S. The molecule has 1 aromatic heterocycles. The largest absolute Gasteiger partial charge is 0.417 e. The van der Waals surface area contributed by atoms with Crippen molar-refractivity contribution in [2.45, 2.75) is 17.1 Å². The molecule has 0 saturated heterocycles. The summed E-state index contributed by atoms with van der Waals surface area (Å²) in [6.45, 7) is 0. The smallest absolute Gasteiger partial charge is 0.321 e. The molecule has 0 atom stereocenters. The highest BCUT2D eigenvalue weighted by Crippen LogP contribution is 2.34. The van der Waals surface area contributed by atoms with Crippen LogP contribution in [0.5, 0.6) is 0 Å². The van der Waals surface area contributed by atoms with Gasteiger partial charge in [0.1, 0.15) is 6.33 Å². The first-order valence-electron chi connectivity index (χ1n) is 11.0. The van der Waals surface area contributed by atoms with Crippen LogP contribution in [0.1, 0.15) is 37.4 Å². The van der Waals surface area contributed by atoms with Gasteiger partial charge < -0.3 is 5.32 Å². The maximum Gasteiger partial charge on any atom is 0.417 e. The lowest BCUT2D eigenvalue weighted by Crippen LogP contribution is -2.21. The van der Waals surface area contributed by atoms with Gasteiger partial charge in [0, 0.05) is 15.8 Å². The molecular weight excluding hydrogens is 621 g/mol. The van der Waals surface area contributed by atoms with Crippen molar-refractivity contribution >= 4 is 63.0 Å². The number of anilines is 1. The molecule has 0 spiro atoms. The summed E-state index contributed by atoms with van der Waals surface area (Å²) in [5, 5.41) is 13.2. The van der Waals surface area contributed by atoms with E-state index >= 15 is 0 Å². The number of aromatic amines is 1. The number of nitrogens with one attached hydrogen (secondary N) is 3. The van der Waals surface area contributed by atoms with E-state index in [9.17, 15) is 22.8 Å². The predicted molar refractivity (Wildman–Crippen MR) is 146 cm³/mol. The van der Waals surface area contributed by atoms with Gasteiger partial charge in [0.25, 0.3) is 11.8 Å². The zero-order chi connectivity index (χ0) is 28.0. The molecule has 4 aromatic rings. The summed E-state index contributed by atoms with van der Waals surface area (Å²) < 4.78 is 39.8. The molecule has 4 rings (SSSR count). The van der Waals surface area contributed by atoms with Crippen molar-refractivity contribution < 1.29 is 22.8 Å². The molecule has 0 bridgehead atoms. The number of amides is 2. The minimum absolute atomic E-state index is 0.0795. The maximum absolute atomic E-state index is 13.1. The molecule has 0 aliphatic rings. The van der Waals surface area contributed by atoms with E-state index in [4.69, 9.17) is 11.6 Å². The van der Waals surface area contributed by atoms with Gasteiger partial charge in [0.05, 0.1) is 28.1 Å². The molecule has 0 aliphatic carbocycles. The van der Waals surface area contributed by atoms with Crippen LogP contribution >= 0.6 is 39.3 Å². The number of aromatic nitrogens is 3. The van der Waals surface area contributed by atoms with Gasteiger partial charge >= 0.3 is 6.18 Å². The molecule has 39 heavy (non-hydrogen) atoms. The lowest BCUT2D eigenvalue weighted by molar-refractivity contribution is -0.137. The standard InChI is InChI=1S/C25H17BrClF3N6O2S/c26-17-5-7-21(34-22(37)16-3-1-2-15(8-16)12-39-24-31-13-33-36-24)18(10-17)23(38)35-32-11-14-4-6-20(27)19(9-14)25(28,29)30/h1-11,13H,12H2,(H,34,37)(H,35,38)(H,31,33,36). The molecule has 3 N–H and O–H groups in total. The Hall–Kier alpha value is -3.68. The second-order valence-electron chi connectivity index (χ2n) is 7.85. The van der Waals surface area contributed by atoms with Crippen LogP contribution in [-0.2, 0) is 11.9 Å². The monoisotopic (exact) mass is 636 g/mol. The fraction of sp³-hybridized carbons (Fsp3) is 0.0800. The number of hydrogen-bond donors (Lipinski definition) is 3. The van der Waals surface area contributed by atoms with E-state index < -0.39 is 28.6 Å². The summed E-state index contributed by atoms with van der Waals surface area (Å²) in [5.74, 6) is -0.592. The highest BCUT2D eigenvalue weighted by molar-refractivity contribution is 9.10. The normalized spacial score (nSPS) is 11.5. The van der Waals surface area contributed by atoms with Gasteiger partial charge in [-0.1, -0.05) is 57.5 Å². The van der Waals surface area contributed by atoms with Gasteiger partial charge in [-0.05, 0) is 53.6 Å². The SMILES string of the molecule is O=C(Nc1ccc(Br)cc1C(=O)NN=Cc1ccc(Cl)c(C(F)(F)F)c1)c1cccc(CSc2nc[nH]n2)c1. The highest BCUT2D eigenvalue weighted by Gasteiger charge is 2.33. The van der Waals surface area contributed by atoms with Crippen molar-refractivity contribution in [2.75, 3.05) is 5.32 Å². The van der Waals surface area contributed by atoms with Crippen LogP contribution in [0, 0.1) is 0 Å². The molecule has 0 fully saturated rings. The maximum atomic E-state index is 13.1.